The largest absolute Gasteiger partial charge is 0.478 e. The molecule has 1 aromatic carbocycles. The molecular weight excluding hydrogens is 192 g/mol. The molecule has 2 rings (SSSR count). The maximum atomic E-state index is 11.0. The van der Waals surface area contributed by atoms with Gasteiger partial charge >= 0.3 is 5.97 Å². The zero-order chi connectivity index (χ0) is 11.0. The number of hydrogen-bond donors (Lipinski definition) is 1. The number of rotatable bonds is 2. The molecule has 0 aliphatic heterocycles. The van der Waals surface area contributed by atoms with E-state index in [9.17, 15) is 4.79 Å². The molecule has 1 aromatic heterocycles. The molecule has 0 amide bonds. The molecule has 78 valence electrons. The first kappa shape index (κ1) is 9.71. The Bertz CT molecular complexity index is 529. The van der Waals surface area contributed by atoms with Gasteiger partial charge in [-0.15, -0.1) is 0 Å². The quantitative estimate of drug-likeness (QED) is 0.814. The van der Waals surface area contributed by atoms with E-state index >= 15 is 0 Å². The van der Waals surface area contributed by atoms with Crippen LogP contribution in [-0.4, -0.2) is 20.6 Å². The SMILES string of the molecule is CCn1c(C)nc2c(C(=O)O)cccc21. The molecule has 0 aliphatic rings. The number of benzene rings is 1. The molecule has 0 saturated carbocycles. The minimum atomic E-state index is -0.929. The van der Waals surface area contributed by atoms with Crippen molar-refractivity contribution in [3.05, 3.63) is 29.6 Å². The summed E-state index contributed by atoms with van der Waals surface area (Å²) >= 11 is 0. The van der Waals surface area contributed by atoms with E-state index in [1.165, 1.54) is 0 Å². The van der Waals surface area contributed by atoms with Crippen molar-refractivity contribution in [2.75, 3.05) is 0 Å². The van der Waals surface area contributed by atoms with E-state index in [2.05, 4.69) is 4.98 Å². The van der Waals surface area contributed by atoms with Crippen molar-refractivity contribution < 1.29 is 9.90 Å². The number of nitrogens with zero attached hydrogens (tertiary/aromatic N) is 2. The maximum absolute atomic E-state index is 11.0. The highest BCUT2D eigenvalue weighted by molar-refractivity contribution is 6.01. The van der Waals surface area contributed by atoms with Gasteiger partial charge in [-0.05, 0) is 26.0 Å². The third-order valence-electron chi connectivity index (χ3n) is 2.52. The summed E-state index contributed by atoms with van der Waals surface area (Å²) in [7, 11) is 0. The molecule has 0 saturated heterocycles. The minimum absolute atomic E-state index is 0.266. The minimum Gasteiger partial charge on any atom is -0.478 e. The molecule has 2 aromatic rings. The van der Waals surface area contributed by atoms with Crippen molar-refractivity contribution in [2.24, 2.45) is 0 Å². The van der Waals surface area contributed by atoms with Gasteiger partial charge in [0.1, 0.15) is 11.3 Å². The number of aromatic nitrogens is 2. The number of carbonyl (C=O) groups is 1. The number of para-hydroxylation sites is 1. The Hall–Kier alpha value is -1.84. The molecule has 0 radical (unpaired) electrons. The summed E-state index contributed by atoms with van der Waals surface area (Å²) in [5, 5.41) is 9.01. The molecule has 1 heterocycles. The second-order valence-corrected chi connectivity index (χ2v) is 3.38. The summed E-state index contributed by atoms with van der Waals surface area (Å²) < 4.78 is 2.00. The van der Waals surface area contributed by atoms with Crippen LogP contribution in [-0.2, 0) is 6.54 Å². The van der Waals surface area contributed by atoms with Crippen LogP contribution in [0.4, 0.5) is 0 Å². The van der Waals surface area contributed by atoms with Gasteiger partial charge < -0.3 is 9.67 Å². The normalized spacial score (nSPS) is 10.8. The van der Waals surface area contributed by atoms with Crippen molar-refractivity contribution >= 4 is 17.0 Å². The molecule has 1 N–H and O–H groups in total. The molecule has 0 aliphatic carbocycles. The third kappa shape index (κ3) is 1.38. The van der Waals surface area contributed by atoms with E-state index in [-0.39, 0.29) is 5.56 Å². The van der Waals surface area contributed by atoms with Crippen LogP contribution in [0.3, 0.4) is 0 Å². The van der Waals surface area contributed by atoms with Crippen LogP contribution in [0.2, 0.25) is 0 Å². The highest BCUT2D eigenvalue weighted by Gasteiger charge is 2.13. The molecule has 4 heteroatoms. The first-order valence-electron chi connectivity index (χ1n) is 4.84. The first-order chi connectivity index (χ1) is 7.15. The average molecular weight is 204 g/mol. The Morgan fingerprint density at radius 2 is 2.27 bits per heavy atom. The molecule has 0 fully saturated rings. The highest BCUT2D eigenvalue weighted by Crippen LogP contribution is 2.19. The van der Waals surface area contributed by atoms with Crippen LogP contribution in [0, 0.1) is 6.92 Å². The van der Waals surface area contributed by atoms with Gasteiger partial charge in [0.15, 0.2) is 0 Å². The van der Waals surface area contributed by atoms with Crippen molar-refractivity contribution in [3.8, 4) is 0 Å². The molecule has 0 bridgehead atoms. The van der Waals surface area contributed by atoms with Crippen LogP contribution in [0.25, 0.3) is 11.0 Å². The van der Waals surface area contributed by atoms with Crippen LogP contribution < -0.4 is 0 Å². The second-order valence-electron chi connectivity index (χ2n) is 3.38. The zero-order valence-electron chi connectivity index (χ0n) is 8.69. The van der Waals surface area contributed by atoms with E-state index in [1.54, 1.807) is 12.1 Å². The van der Waals surface area contributed by atoms with Crippen LogP contribution in [0.5, 0.6) is 0 Å². The van der Waals surface area contributed by atoms with E-state index in [4.69, 9.17) is 5.11 Å². The van der Waals surface area contributed by atoms with Gasteiger partial charge in [0.2, 0.25) is 0 Å². The van der Waals surface area contributed by atoms with Gasteiger partial charge in [0.05, 0.1) is 11.1 Å². The van der Waals surface area contributed by atoms with Gasteiger partial charge in [-0.1, -0.05) is 6.07 Å². The predicted molar refractivity (Wildman–Crippen MR) is 57.1 cm³/mol. The Morgan fingerprint density at radius 3 is 2.87 bits per heavy atom. The number of imidazole rings is 1. The third-order valence-corrected chi connectivity index (χ3v) is 2.52. The Balaban J connectivity index is 2.83. The number of hydrogen-bond acceptors (Lipinski definition) is 2. The summed E-state index contributed by atoms with van der Waals surface area (Å²) in [6, 6.07) is 5.22. The fraction of sp³-hybridized carbons (Fsp3) is 0.273. The summed E-state index contributed by atoms with van der Waals surface area (Å²) in [6.07, 6.45) is 0. The van der Waals surface area contributed by atoms with E-state index in [1.807, 2.05) is 24.5 Å². The lowest BCUT2D eigenvalue weighted by atomic mass is 10.2. The predicted octanol–water partition coefficient (Wildman–Crippen LogP) is 2.06. The van der Waals surface area contributed by atoms with Gasteiger partial charge in [0.25, 0.3) is 0 Å². The smallest absolute Gasteiger partial charge is 0.337 e. The summed E-state index contributed by atoms with van der Waals surface area (Å²) in [5.41, 5.74) is 1.72. The lowest BCUT2D eigenvalue weighted by Gasteiger charge is -2.01. The second kappa shape index (κ2) is 3.38. The molecular formula is C11H12N2O2. The number of carboxylic acid groups (broad SMARTS) is 1. The van der Waals surface area contributed by atoms with Crippen molar-refractivity contribution in [2.45, 2.75) is 20.4 Å². The summed E-state index contributed by atoms with van der Waals surface area (Å²) in [4.78, 5) is 15.3. The van der Waals surface area contributed by atoms with Crippen molar-refractivity contribution in [1.82, 2.24) is 9.55 Å². The number of aryl methyl sites for hydroxylation is 2. The fourth-order valence-electron chi connectivity index (χ4n) is 1.83. The van der Waals surface area contributed by atoms with Crippen molar-refractivity contribution in [3.63, 3.8) is 0 Å². The van der Waals surface area contributed by atoms with E-state index < -0.39 is 5.97 Å². The Kier molecular flexibility index (Phi) is 2.19. The van der Waals surface area contributed by atoms with Gasteiger partial charge in [-0.25, -0.2) is 9.78 Å². The number of aromatic carboxylic acids is 1. The Morgan fingerprint density at radius 1 is 1.53 bits per heavy atom. The van der Waals surface area contributed by atoms with Gasteiger partial charge in [0, 0.05) is 6.54 Å². The van der Waals surface area contributed by atoms with E-state index in [0.717, 1.165) is 17.9 Å². The van der Waals surface area contributed by atoms with Gasteiger partial charge in [-0.3, -0.25) is 0 Å². The molecule has 0 spiro atoms. The number of fused-ring (bicyclic) bond motifs is 1. The van der Waals surface area contributed by atoms with Crippen LogP contribution in [0.15, 0.2) is 18.2 Å². The lowest BCUT2D eigenvalue weighted by molar-refractivity contribution is 0.0699. The van der Waals surface area contributed by atoms with Crippen LogP contribution in [0.1, 0.15) is 23.1 Å². The monoisotopic (exact) mass is 204 g/mol. The van der Waals surface area contributed by atoms with E-state index in [0.29, 0.717) is 5.52 Å². The maximum Gasteiger partial charge on any atom is 0.337 e. The average Bonchev–Trinajstić information content (AvgIpc) is 2.52. The van der Waals surface area contributed by atoms with Gasteiger partial charge in [-0.2, -0.15) is 0 Å². The summed E-state index contributed by atoms with van der Waals surface area (Å²) in [5.74, 6) is -0.0810. The Labute approximate surface area is 87.2 Å². The standard InChI is InChI=1S/C11H12N2O2/c1-3-13-7(2)12-10-8(11(14)15)5-4-6-9(10)13/h4-6H,3H2,1-2H3,(H,14,15). The highest BCUT2D eigenvalue weighted by atomic mass is 16.4. The molecule has 0 unspecified atom stereocenters. The first-order valence-corrected chi connectivity index (χ1v) is 4.84. The topological polar surface area (TPSA) is 55.1 Å². The zero-order valence-corrected chi connectivity index (χ0v) is 8.69. The molecule has 15 heavy (non-hydrogen) atoms. The van der Waals surface area contributed by atoms with Crippen LogP contribution >= 0.6 is 0 Å². The lowest BCUT2D eigenvalue weighted by Crippen LogP contribution is -1.98. The number of carboxylic acids is 1. The molecule has 0 atom stereocenters. The fourth-order valence-corrected chi connectivity index (χ4v) is 1.83. The van der Waals surface area contributed by atoms with Crippen molar-refractivity contribution in [1.29, 1.82) is 0 Å². The summed E-state index contributed by atoms with van der Waals surface area (Å²) in [6.45, 7) is 4.70. The molecule has 4 nitrogen and oxygen atoms in total.